The first-order valence-electron chi connectivity index (χ1n) is 11.1. The van der Waals surface area contributed by atoms with Crippen LogP contribution in [0.2, 0.25) is 0 Å². The van der Waals surface area contributed by atoms with Gasteiger partial charge in [-0.3, -0.25) is 9.59 Å². The van der Waals surface area contributed by atoms with Gasteiger partial charge in [-0.05, 0) is 76.3 Å². The van der Waals surface area contributed by atoms with Crippen molar-refractivity contribution in [3.63, 3.8) is 0 Å². The lowest BCUT2D eigenvalue weighted by molar-refractivity contribution is -0.147. The number of rotatable bonds is 14. The zero-order valence-electron chi connectivity index (χ0n) is 18.2. The van der Waals surface area contributed by atoms with E-state index in [2.05, 4.69) is 0 Å². The largest absolute Gasteiger partial charge is 0.504 e. The van der Waals surface area contributed by atoms with Gasteiger partial charge in [0, 0.05) is 0 Å². The number of unbranched alkanes of at least 4 members (excludes halogenated alkanes) is 4. The van der Waals surface area contributed by atoms with Crippen molar-refractivity contribution in [2.75, 3.05) is 0 Å². The number of carboxylic acids is 2. The number of carboxylic acid groups (broad SMARTS) is 2. The minimum Gasteiger partial charge on any atom is -0.504 e. The lowest BCUT2D eigenvalue weighted by Crippen LogP contribution is -2.23. The van der Waals surface area contributed by atoms with Crippen molar-refractivity contribution in [2.24, 2.45) is 10.8 Å². The van der Waals surface area contributed by atoms with Crippen LogP contribution in [0, 0.1) is 10.8 Å². The monoisotopic (exact) mass is 420 g/mol. The van der Waals surface area contributed by atoms with Crippen molar-refractivity contribution in [2.45, 2.75) is 90.9 Å². The molecule has 0 aliphatic heterocycles. The first kappa shape index (κ1) is 24.0. The van der Waals surface area contributed by atoms with Gasteiger partial charge in [0.1, 0.15) is 0 Å². The first-order chi connectivity index (χ1) is 14.1. The lowest BCUT2D eigenvalue weighted by Gasteiger charge is -2.18. The van der Waals surface area contributed by atoms with E-state index in [4.69, 9.17) is 5.11 Å². The van der Waals surface area contributed by atoms with E-state index < -0.39 is 22.8 Å². The van der Waals surface area contributed by atoms with Gasteiger partial charge in [0.15, 0.2) is 11.5 Å². The lowest BCUT2D eigenvalue weighted by atomic mass is 9.87. The Labute approximate surface area is 178 Å². The zero-order valence-corrected chi connectivity index (χ0v) is 18.2. The predicted octanol–water partition coefficient (Wildman–Crippen LogP) is 5.28. The van der Waals surface area contributed by atoms with Crippen molar-refractivity contribution in [1.29, 1.82) is 0 Å². The van der Waals surface area contributed by atoms with Gasteiger partial charge in [0.25, 0.3) is 0 Å². The summed E-state index contributed by atoms with van der Waals surface area (Å²) in [4.78, 5) is 22.3. The molecule has 168 valence electrons. The van der Waals surface area contributed by atoms with Crippen molar-refractivity contribution in [3.8, 4) is 11.5 Å². The molecule has 4 N–H and O–H groups in total. The minimum atomic E-state index is -0.804. The smallest absolute Gasteiger partial charge is 0.309 e. The number of hydrogen-bond acceptors (Lipinski definition) is 4. The Hall–Kier alpha value is -2.24. The highest BCUT2D eigenvalue weighted by atomic mass is 16.4. The highest BCUT2D eigenvalue weighted by molar-refractivity contribution is 5.77. The van der Waals surface area contributed by atoms with Gasteiger partial charge in [0.2, 0.25) is 0 Å². The molecular formula is C24H36O6. The molecule has 0 bridgehead atoms. The average Bonchev–Trinajstić information content (AvgIpc) is 3.47. The maximum absolute atomic E-state index is 11.2. The third kappa shape index (κ3) is 6.38. The molecule has 6 heteroatoms. The number of aryl methyl sites for hydroxylation is 2. The van der Waals surface area contributed by atoms with Crippen LogP contribution in [0.3, 0.4) is 0 Å². The fraction of sp³-hybridized carbons (Fsp3) is 0.667. The fourth-order valence-corrected chi connectivity index (χ4v) is 3.91. The molecule has 1 fully saturated rings. The van der Waals surface area contributed by atoms with Crippen LogP contribution in [0.1, 0.15) is 89.2 Å². The maximum Gasteiger partial charge on any atom is 0.309 e. The van der Waals surface area contributed by atoms with Crippen LogP contribution in [0.5, 0.6) is 11.5 Å². The van der Waals surface area contributed by atoms with Gasteiger partial charge in [-0.1, -0.05) is 37.8 Å². The summed E-state index contributed by atoms with van der Waals surface area (Å²) in [5.74, 6) is -1.59. The van der Waals surface area contributed by atoms with Crippen molar-refractivity contribution in [1.82, 2.24) is 0 Å². The number of phenols is 2. The molecule has 1 aliphatic rings. The van der Waals surface area contributed by atoms with Gasteiger partial charge in [-0.15, -0.1) is 0 Å². The first-order valence-corrected chi connectivity index (χ1v) is 11.1. The van der Waals surface area contributed by atoms with E-state index in [1.54, 1.807) is 13.8 Å². The van der Waals surface area contributed by atoms with E-state index in [9.17, 15) is 24.9 Å². The summed E-state index contributed by atoms with van der Waals surface area (Å²) in [7, 11) is 0. The minimum absolute atomic E-state index is 0.0545. The van der Waals surface area contributed by atoms with Crippen LogP contribution in [-0.2, 0) is 22.4 Å². The van der Waals surface area contributed by atoms with E-state index in [0.29, 0.717) is 24.8 Å². The summed E-state index contributed by atoms with van der Waals surface area (Å²) >= 11 is 0. The molecule has 1 aliphatic carbocycles. The molecule has 30 heavy (non-hydrogen) atoms. The molecule has 0 saturated heterocycles. The number of aliphatic carboxylic acids is 2. The zero-order chi connectivity index (χ0) is 22.4. The highest BCUT2D eigenvalue weighted by Crippen LogP contribution is 2.50. The summed E-state index contributed by atoms with van der Waals surface area (Å²) in [6, 6.07) is 3.70. The Balaban J connectivity index is 1.71. The summed E-state index contributed by atoms with van der Waals surface area (Å²) in [6.45, 7) is 3.42. The van der Waals surface area contributed by atoms with E-state index in [0.717, 1.165) is 63.4 Å². The van der Waals surface area contributed by atoms with Crippen LogP contribution in [0.15, 0.2) is 12.1 Å². The molecule has 0 heterocycles. The molecule has 6 nitrogen and oxygen atoms in total. The number of aromatic hydroxyl groups is 2. The van der Waals surface area contributed by atoms with Gasteiger partial charge in [0.05, 0.1) is 10.8 Å². The molecular weight excluding hydrogens is 384 g/mol. The topological polar surface area (TPSA) is 115 Å². The Kier molecular flexibility index (Phi) is 8.16. The van der Waals surface area contributed by atoms with Crippen molar-refractivity contribution < 1.29 is 30.0 Å². The number of carbonyl (C=O) groups is 2. The second-order valence-electron chi connectivity index (χ2n) is 9.48. The summed E-state index contributed by atoms with van der Waals surface area (Å²) in [6.07, 6.45) is 9.45. The molecule has 2 rings (SSSR count). The second-order valence-corrected chi connectivity index (χ2v) is 9.48. The molecule has 0 atom stereocenters. The van der Waals surface area contributed by atoms with Crippen LogP contribution < -0.4 is 0 Å². The predicted molar refractivity (Wildman–Crippen MR) is 115 cm³/mol. The maximum atomic E-state index is 11.2. The highest BCUT2D eigenvalue weighted by Gasteiger charge is 2.49. The van der Waals surface area contributed by atoms with E-state index in [1.807, 2.05) is 12.1 Å². The number of phenolic OH excluding ortho intramolecular Hbond substituents is 2. The Morgan fingerprint density at radius 3 is 1.83 bits per heavy atom. The van der Waals surface area contributed by atoms with Crippen molar-refractivity contribution in [3.05, 3.63) is 23.3 Å². The van der Waals surface area contributed by atoms with Gasteiger partial charge in [-0.2, -0.15) is 0 Å². The van der Waals surface area contributed by atoms with Crippen LogP contribution >= 0.6 is 0 Å². The molecule has 1 aromatic rings. The second kappa shape index (κ2) is 10.2. The normalized spacial score (nSPS) is 15.1. The Bertz CT molecular complexity index is 748. The third-order valence-corrected chi connectivity index (χ3v) is 6.55. The third-order valence-electron chi connectivity index (χ3n) is 6.55. The SMILES string of the molecule is CC(C)(CCCCc1ccc(CCCCCCC2(C(=O)O)CC2)c(O)c1O)C(=O)O. The Morgan fingerprint density at radius 2 is 1.37 bits per heavy atom. The fourth-order valence-electron chi connectivity index (χ4n) is 3.91. The average molecular weight is 421 g/mol. The molecule has 1 aromatic carbocycles. The number of benzene rings is 1. The molecule has 0 radical (unpaired) electrons. The molecule has 0 spiro atoms. The number of hydrogen-bond donors (Lipinski definition) is 4. The van der Waals surface area contributed by atoms with E-state index in [-0.39, 0.29) is 11.5 Å². The van der Waals surface area contributed by atoms with Gasteiger partial charge in [-0.25, -0.2) is 0 Å². The molecule has 0 aromatic heterocycles. The van der Waals surface area contributed by atoms with Crippen LogP contribution in [-0.4, -0.2) is 32.4 Å². The van der Waals surface area contributed by atoms with E-state index >= 15 is 0 Å². The summed E-state index contributed by atoms with van der Waals surface area (Å²) < 4.78 is 0. The Morgan fingerprint density at radius 1 is 0.867 bits per heavy atom. The quantitative estimate of drug-likeness (QED) is 0.240. The van der Waals surface area contributed by atoms with Crippen molar-refractivity contribution >= 4 is 11.9 Å². The van der Waals surface area contributed by atoms with Crippen LogP contribution in [0.4, 0.5) is 0 Å². The molecule has 0 unspecified atom stereocenters. The summed E-state index contributed by atoms with van der Waals surface area (Å²) in [5, 5.41) is 39.0. The van der Waals surface area contributed by atoms with Crippen LogP contribution in [0.25, 0.3) is 0 Å². The standard InChI is InChI=1S/C24H36O6/c1-23(2,21(27)28)13-8-6-10-18-12-11-17(19(25)20(18)26)9-5-3-4-7-14-24(15-16-24)22(29)30/h11-12,25-26H,3-10,13-16H2,1-2H3,(H,27,28)(H,29,30). The van der Waals surface area contributed by atoms with Gasteiger partial charge < -0.3 is 20.4 Å². The van der Waals surface area contributed by atoms with Gasteiger partial charge >= 0.3 is 11.9 Å². The summed E-state index contributed by atoms with van der Waals surface area (Å²) in [5.41, 5.74) is 0.227. The molecule has 1 saturated carbocycles. The van der Waals surface area contributed by atoms with E-state index in [1.165, 1.54) is 0 Å². The molecule has 0 amide bonds.